The lowest BCUT2D eigenvalue weighted by Crippen LogP contribution is -2.59. The molecule has 17 N–H and O–H groups in total. The van der Waals surface area contributed by atoms with Gasteiger partial charge in [-0.1, -0.05) is 13.8 Å². The van der Waals surface area contributed by atoms with Crippen LogP contribution in [0.5, 0.6) is 0 Å². The predicted molar refractivity (Wildman–Crippen MR) is 493 cm³/mol. The van der Waals surface area contributed by atoms with Crippen LogP contribution in [0.3, 0.4) is 0 Å². The van der Waals surface area contributed by atoms with E-state index in [1.165, 1.54) is 191 Å². The van der Waals surface area contributed by atoms with Crippen LogP contribution in [0.4, 0.5) is 17.6 Å². The van der Waals surface area contributed by atoms with E-state index >= 15 is 18.3 Å². The average molecular weight is 2010 g/mol. The number of nitrogens with zero attached hydrogens (tertiary/aromatic N) is 21. The molecule has 0 aromatic carbocycles. The first-order chi connectivity index (χ1) is 64.0. The number of ketones is 1. The molecule has 0 aliphatic carbocycles. The minimum absolute atomic E-state index is 0.0412. The molecule has 5 saturated heterocycles. The second kappa shape index (κ2) is 43.6. The van der Waals surface area contributed by atoms with E-state index in [1.54, 1.807) is 0 Å². The van der Waals surface area contributed by atoms with Gasteiger partial charge in [0.25, 0.3) is 16.7 Å². The van der Waals surface area contributed by atoms with Crippen LogP contribution in [0.2, 0.25) is 0 Å². The summed E-state index contributed by atoms with van der Waals surface area (Å²) in [6, 6.07) is 0.341. The third kappa shape index (κ3) is 23.6. The van der Waals surface area contributed by atoms with Crippen LogP contribution in [0.1, 0.15) is 88.7 Å². The number of Topliss-reactive ketones (excluding diaryl/α,β-unsaturated/α-hetero) is 1. The minimum Gasteiger partial charge on any atom is -0.383 e. The number of nitrogen functional groups attached to an aromatic ring is 3. The molecule has 5 fully saturated rings. The Labute approximate surface area is 779 Å². The Morgan fingerprint density at radius 3 is 1.38 bits per heavy atom. The van der Waals surface area contributed by atoms with Crippen molar-refractivity contribution in [1.82, 2.24) is 131 Å². The van der Waals surface area contributed by atoms with E-state index in [1.807, 2.05) is 13.8 Å². The number of carbonyl (C=O) groups is 3. The quantitative estimate of drug-likeness (QED) is 0.00860. The largest absolute Gasteiger partial charge is 0.383 e. The van der Waals surface area contributed by atoms with Gasteiger partial charge in [-0.05, 0) is 123 Å². The molecule has 752 valence electrons. The second-order valence-corrected chi connectivity index (χ2v) is 46.8. The highest BCUT2D eigenvalue weighted by Gasteiger charge is 2.52. The van der Waals surface area contributed by atoms with Crippen LogP contribution in [0.25, 0.3) is 22.3 Å². The molecule has 136 heavy (non-hydrogen) atoms. The van der Waals surface area contributed by atoms with Gasteiger partial charge in [0.05, 0.1) is 121 Å². The maximum Gasteiger partial charge on any atom is 0.351 e. The van der Waals surface area contributed by atoms with Gasteiger partial charge in [-0.2, -0.15) is 9.97 Å². The van der Waals surface area contributed by atoms with Crippen LogP contribution in [0, 0.1) is 19.3 Å². The number of fused-ring (bicyclic) bond motifs is 2. The van der Waals surface area contributed by atoms with E-state index < -0.39 is 210 Å². The topological polar surface area (TPSA) is 703 Å². The number of morpholine rings is 5. The number of aromatic amines is 3. The van der Waals surface area contributed by atoms with E-state index in [-0.39, 0.29) is 128 Å². The number of carbonyl (C=O) groups excluding carboxylic acids is 3. The lowest BCUT2D eigenvalue weighted by atomic mass is 9.87. The van der Waals surface area contributed by atoms with Crippen molar-refractivity contribution in [1.29, 1.82) is 5.41 Å². The molecule has 5 unspecified atom stereocenters. The first kappa shape index (κ1) is 106. The number of guanidine groups is 1. The van der Waals surface area contributed by atoms with Crippen LogP contribution < -0.4 is 78.1 Å². The molecule has 62 heteroatoms. The molecule has 5 aliphatic heterocycles. The Morgan fingerprint density at radius 2 is 0.956 bits per heavy atom. The number of hydrogen-bond donors (Lipinski definition) is 12. The number of hydrogen-bond acceptors (Lipinski definition) is 35. The zero-order valence-corrected chi connectivity index (χ0v) is 82.5. The van der Waals surface area contributed by atoms with E-state index in [9.17, 15) is 47.7 Å². The van der Waals surface area contributed by atoms with Crippen molar-refractivity contribution < 1.29 is 83.5 Å². The van der Waals surface area contributed by atoms with Gasteiger partial charge in [-0.15, -0.1) is 0 Å². The van der Waals surface area contributed by atoms with Gasteiger partial charge in [0, 0.05) is 69.0 Å². The molecular weight excluding hydrogens is 1890 g/mol. The van der Waals surface area contributed by atoms with Crippen molar-refractivity contribution in [2.45, 2.75) is 134 Å². The van der Waals surface area contributed by atoms with Crippen molar-refractivity contribution in [3.63, 3.8) is 0 Å². The lowest BCUT2D eigenvalue weighted by molar-refractivity contribution is -0.158. The first-order valence-corrected chi connectivity index (χ1v) is 51.1. The summed E-state index contributed by atoms with van der Waals surface area (Å²) < 4.78 is 162. The summed E-state index contributed by atoms with van der Waals surface area (Å²) in [5, 5.41) is 16.4. The predicted octanol–water partition coefficient (Wildman–Crippen LogP) is -1.92. The molecule has 0 radical (unpaired) electrons. The Kier molecular flexibility index (Phi) is 33.9. The maximum atomic E-state index is 16.5. The van der Waals surface area contributed by atoms with E-state index in [0.29, 0.717) is 19.3 Å². The molecule has 0 bridgehead atoms. The molecule has 7 aromatic heterocycles. The highest BCUT2D eigenvalue weighted by atomic mass is 31.2. The maximum absolute atomic E-state index is 16.5. The summed E-state index contributed by atoms with van der Waals surface area (Å²) in [7, 11) is -7.39. The normalized spacial score (nSPS) is 24.1. The van der Waals surface area contributed by atoms with Crippen molar-refractivity contribution in [3.05, 3.63) is 117 Å². The number of H-pyrrole nitrogens is 3. The van der Waals surface area contributed by atoms with Crippen molar-refractivity contribution in [3.8, 4) is 0 Å². The van der Waals surface area contributed by atoms with Crippen LogP contribution >= 0.6 is 38.4 Å². The Hall–Kier alpha value is -9.27. The van der Waals surface area contributed by atoms with Crippen LogP contribution in [-0.2, 0) is 83.5 Å². The molecule has 0 spiro atoms. The first-order valence-electron chi connectivity index (χ1n) is 43.3. The summed E-state index contributed by atoms with van der Waals surface area (Å²) >= 11 is 0. The molecule has 0 saturated carbocycles. The molecule has 12 heterocycles. The molecule has 5 aliphatic rings. The number of amides is 2. The van der Waals surface area contributed by atoms with Crippen molar-refractivity contribution in [2.75, 3.05) is 199 Å². The third-order valence-corrected chi connectivity index (χ3v) is 35.6. The average Bonchev–Trinajstić information content (AvgIpc) is 1.26. The van der Waals surface area contributed by atoms with Crippen molar-refractivity contribution in [2.24, 2.45) is 11.2 Å². The summed E-state index contributed by atoms with van der Waals surface area (Å²) in [4.78, 5) is 157. The summed E-state index contributed by atoms with van der Waals surface area (Å²) in [5.74, 6) is -2.06. The van der Waals surface area contributed by atoms with Gasteiger partial charge < -0.3 is 84.8 Å². The Bertz CT molecular complexity index is 6140. The molecule has 57 nitrogen and oxygen atoms in total. The van der Waals surface area contributed by atoms with Crippen LogP contribution in [-0.4, -0.2) is 362 Å². The van der Waals surface area contributed by atoms with Gasteiger partial charge in [-0.25, -0.2) is 81.9 Å². The molecule has 7 aromatic rings. The van der Waals surface area contributed by atoms with Gasteiger partial charge >= 0.3 is 55.4 Å². The summed E-state index contributed by atoms with van der Waals surface area (Å²) in [6.45, 7) is 1.62. The summed E-state index contributed by atoms with van der Waals surface area (Å²) in [5.41, 5.74) is 24.4. The Balaban J connectivity index is 0.820. The molecule has 16 atom stereocenters. The molecule has 12 rings (SSSR count). The second-order valence-electron chi connectivity index (χ2n) is 34.2. The number of imidazole rings is 2. The minimum atomic E-state index is -4.59. The van der Waals surface area contributed by atoms with Gasteiger partial charge in [0.1, 0.15) is 35.8 Å². The van der Waals surface area contributed by atoms with Gasteiger partial charge in [0.15, 0.2) is 53.5 Å². The fraction of sp³-hybridized carbons (Fsp3) is 0.649. The zero-order chi connectivity index (χ0) is 99.3. The SMILES string of the molecule is CCC(CC)(N[C@@H](CCCNC(=N)N)C(=O)NCC(=O)N1C[C@@H](COP(=O)(N(C)C)N2C[C@@H](COP(=O)(N(C)C)N3C[C@@H](COP(=O)(N(C)C)N4C[C@@H](COP(=O)(N(C)C)N5C[C@@H](COP(N)(=O)N(C)C)O[C@@H](n6cc(C)c(=O)[nH]c6=O)C5)O[C@@H](n5ccc(N)nc5=O)C4)O[C@@H](n4cc(C)c(=O)[nH]c4=O)C3)O[C@@H](n3cnc4c(=O)[nH]c(N)nc43)C2)O[C@@H](n2cnc3c(N)ncnc32)C1)C(C)=O. The zero-order valence-electron chi connectivity index (χ0n) is 78.1. The number of nitrogens with two attached hydrogens (primary N) is 5. The van der Waals surface area contributed by atoms with E-state index in [4.69, 9.17) is 80.2 Å². The van der Waals surface area contributed by atoms with Gasteiger partial charge in [-0.3, -0.25) is 100 Å². The fourth-order valence-corrected chi connectivity index (χ4v) is 24.7. The number of aryl methyl sites for hydroxylation is 2. The summed E-state index contributed by atoms with van der Waals surface area (Å²) in [6.07, 6.45) is -3.79. The van der Waals surface area contributed by atoms with E-state index in [2.05, 4.69) is 60.8 Å². The van der Waals surface area contributed by atoms with Gasteiger partial charge in [0.2, 0.25) is 17.8 Å². The highest BCUT2D eigenvalue weighted by molar-refractivity contribution is 7.55. The van der Waals surface area contributed by atoms with E-state index in [0.717, 1.165) is 13.7 Å². The third-order valence-electron chi connectivity index (χ3n) is 23.8. The molecular formula is C74H122N33O24P5. The number of rotatable bonds is 41. The number of aromatic nitrogens is 14. The lowest BCUT2D eigenvalue weighted by Gasteiger charge is -2.46. The van der Waals surface area contributed by atoms with Crippen molar-refractivity contribution >= 4 is 102 Å². The number of nitrogens with one attached hydrogen (secondary N) is 7. The van der Waals surface area contributed by atoms with Crippen LogP contribution in [0.15, 0.2) is 72.4 Å². The standard InChI is InChI=1S/C74H122N33O24P5/c1-16-74(17-2,46(5)108)92-52(19-18-21-81-69(77)78)67(112)82-23-54(109)98-26-47(127-55(31-98)106-42-85-60-62(76)83-41-84-63(60)106)37-123-136(121,97(14)15)102-30-51(131-59(35-102)107-43-86-61-64(107)88-70(79)89-68(61)113)40-126-135(120,96(12)13)101-29-50(130-58(34-101)105-25-45(4)66(111)91-73(105)116)39-125-133(118,94(8)9)99-28-49(128-56(32-99)103-22-20-53(75)87-71(103)114)38-124-134(119,95(10)11)100-27-48(36-122-132(80,117)93(6)7)129-57(33-100)104-24-44(3)65(110)90-72(104)115/h20,22,24-25,41-43,47-52,55-59,92H,16-19,21,23,26-40H2,1-15H3,(H2,80,117)(H,82,112)(H2,75,87,114)(H2,76,83,84)(H4,77,78,81)(H,90,110,115)(H,91,111,116)(H3,79,88,89,113)/t47-,48-,49-,50-,51-,52-,55+,56+,57+,58+,59+,132?,133?,134?,135?,136?/m0/s1. The smallest absolute Gasteiger partial charge is 0.351 e. The monoisotopic (exact) mass is 2010 g/mol. The molecule has 2 amide bonds. The highest BCUT2D eigenvalue weighted by Crippen LogP contribution is 2.60. The Morgan fingerprint density at radius 1 is 0.537 bits per heavy atom. The number of anilines is 3. The fourth-order valence-electron chi connectivity index (χ4n) is 16.2. The number of ether oxygens (including phenoxy) is 5.